The molecule has 2 N–H and O–H groups in total. The summed E-state index contributed by atoms with van der Waals surface area (Å²) >= 11 is 0. The number of ether oxygens (including phenoxy) is 1. The van der Waals surface area contributed by atoms with Gasteiger partial charge in [-0.3, -0.25) is 0 Å². The highest BCUT2D eigenvalue weighted by molar-refractivity contribution is 5.34. The second-order valence-electron chi connectivity index (χ2n) is 4.50. The molecule has 100 valence electrons. The van der Waals surface area contributed by atoms with E-state index in [4.69, 9.17) is 10.5 Å². The van der Waals surface area contributed by atoms with E-state index in [1.165, 1.54) is 30.3 Å². The molecule has 0 saturated heterocycles. The van der Waals surface area contributed by atoms with E-state index in [2.05, 4.69) is 0 Å². The lowest BCUT2D eigenvalue weighted by Crippen LogP contribution is -2.17. The summed E-state index contributed by atoms with van der Waals surface area (Å²) in [4.78, 5) is 0. The first-order chi connectivity index (χ1) is 9.04. The third-order valence-corrected chi connectivity index (χ3v) is 2.60. The molecule has 0 amide bonds. The lowest BCUT2D eigenvalue weighted by molar-refractivity contribution is 0.440. The van der Waals surface area contributed by atoms with Crippen LogP contribution in [0.25, 0.3) is 0 Å². The fourth-order valence-electron chi connectivity index (χ4n) is 1.76. The molecule has 0 bridgehead atoms. The lowest BCUT2D eigenvalue weighted by Gasteiger charge is -2.09. The van der Waals surface area contributed by atoms with Gasteiger partial charge in [0.25, 0.3) is 0 Å². The molecule has 0 saturated carbocycles. The molecule has 0 aliphatic rings. The van der Waals surface area contributed by atoms with Crippen LogP contribution in [0.15, 0.2) is 42.5 Å². The van der Waals surface area contributed by atoms with Crippen LogP contribution in [0.2, 0.25) is 0 Å². The molecule has 2 rings (SSSR count). The molecule has 1 atom stereocenters. The van der Waals surface area contributed by atoms with Gasteiger partial charge in [0, 0.05) is 6.04 Å². The molecule has 4 heteroatoms. The summed E-state index contributed by atoms with van der Waals surface area (Å²) in [5.41, 5.74) is 6.48. The Morgan fingerprint density at radius 1 is 1.11 bits per heavy atom. The van der Waals surface area contributed by atoms with Gasteiger partial charge in [0.15, 0.2) is 11.6 Å². The van der Waals surface area contributed by atoms with Crippen LogP contribution in [0.4, 0.5) is 8.78 Å². The van der Waals surface area contributed by atoms with Crippen LogP contribution in [0.3, 0.4) is 0 Å². The van der Waals surface area contributed by atoms with Crippen molar-refractivity contribution < 1.29 is 13.5 Å². The number of rotatable bonds is 4. The summed E-state index contributed by atoms with van der Waals surface area (Å²) in [5, 5.41) is 0. The van der Waals surface area contributed by atoms with E-state index in [0.29, 0.717) is 12.2 Å². The first kappa shape index (κ1) is 13.5. The summed E-state index contributed by atoms with van der Waals surface area (Å²) < 4.78 is 31.9. The Hall–Kier alpha value is -1.94. The number of hydrogen-bond donors (Lipinski definition) is 1. The summed E-state index contributed by atoms with van der Waals surface area (Å²) in [5.74, 6) is -0.317. The zero-order valence-corrected chi connectivity index (χ0v) is 10.6. The monoisotopic (exact) mass is 263 g/mol. The standard InChI is InChI=1S/C15H15F2NO/c1-10(18)8-11-2-7-15(14(17)9-11)19-13-5-3-12(16)4-6-13/h2-7,9-10H,8,18H2,1H3. The topological polar surface area (TPSA) is 35.2 Å². The van der Waals surface area contributed by atoms with E-state index >= 15 is 0 Å². The predicted molar refractivity (Wildman–Crippen MR) is 70.2 cm³/mol. The van der Waals surface area contributed by atoms with Gasteiger partial charge in [-0.15, -0.1) is 0 Å². The molecule has 2 aromatic carbocycles. The van der Waals surface area contributed by atoms with Crippen molar-refractivity contribution in [2.45, 2.75) is 19.4 Å². The second-order valence-corrected chi connectivity index (χ2v) is 4.50. The van der Waals surface area contributed by atoms with Crippen LogP contribution in [0, 0.1) is 11.6 Å². The SMILES string of the molecule is CC(N)Cc1ccc(Oc2ccc(F)cc2)c(F)c1. The summed E-state index contributed by atoms with van der Waals surface area (Å²) in [6, 6.07) is 10.1. The first-order valence-electron chi connectivity index (χ1n) is 6.02. The zero-order chi connectivity index (χ0) is 13.8. The Morgan fingerprint density at radius 2 is 1.79 bits per heavy atom. The Labute approximate surface area is 110 Å². The van der Waals surface area contributed by atoms with Crippen LogP contribution in [0.1, 0.15) is 12.5 Å². The highest BCUT2D eigenvalue weighted by Gasteiger charge is 2.07. The molecular formula is C15H15F2NO. The van der Waals surface area contributed by atoms with Gasteiger partial charge in [0.1, 0.15) is 11.6 Å². The number of hydrogen-bond acceptors (Lipinski definition) is 2. The molecule has 0 spiro atoms. The van der Waals surface area contributed by atoms with Gasteiger partial charge in [-0.05, 0) is 55.3 Å². The van der Waals surface area contributed by atoms with E-state index in [0.717, 1.165) is 5.56 Å². The molecule has 0 aliphatic heterocycles. The van der Waals surface area contributed by atoms with Crippen LogP contribution < -0.4 is 10.5 Å². The van der Waals surface area contributed by atoms with E-state index in [1.54, 1.807) is 12.1 Å². The second kappa shape index (κ2) is 5.80. The number of halogens is 2. The highest BCUT2D eigenvalue weighted by Crippen LogP contribution is 2.25. The van der Waals surface area contributed by atoms with E-state index in [9.17, 15) is 8.78 Å². The van der Waals surface area contributed by atoms with E-state index in [-0.39, 0.29) is 17.6 Å². The van der Waals surface area contributed by atoms with Crippen molar-refractivity contribution in [2.75, 3.05) is 0 Å². The quantitative estimate of drug-likeness (QED) is 0.913. The first-order valence-corrected chi connectivity index (χ1v) is 6.02. The van der Waals surface area contributed by atoms with Crippen molar-refractivity contribution in [3.8, 4) is 11.5 Å². The van der Waals surface area contributed by atoms with Crippen molar-refractivity contribution in [1.82, 2.24) is 0 Å². The lowest BCUT2D eigenvalue weighted by atomic mass is 10.1. The van der Waals surface area contributed by atoms with Crippen molar-refractivity contribution in [1.29, 1.82) is 0 Å². The van der Waals surface area contributed by atoms with E-state index < -0.39 is 5.82 Å². The molecule has 1 unspecified atom stereocenters. The largest absolute Gasteiger partial charge is 0.454 e. The van der Waals surface area contributed by atoms with Crippen molar-refractivity contribution in [2.24, 2.45) is 5.73 Å². The van der Waals surface area contributed by atoms with Crippen LogP contribution >= 0.6 is 0 Å². The minimum absolute atomic E-state index is 0.0248. The molecule has 0 aromatic heterocycles. The summed E-state index contributed by atoms with van der Waals surface area (Å²) in [6.07, 6.45) is 0.605. The number of nitrogens with two attached hydrogens (primary N) is 1. The average Bonchev–Trinajstić information content (AvgIpc) is 2.34. The van der Waals surface area contributed by atoms with Gasteiger partial charge in [0.05, 0.1) is 0 Å². The van der Waals surface area contributed by atoms with Crippen molar-refractivity contribution in [3.05, 3.63) is 59.7 Å². The Balaban J connectivity index is 2.15. The smallest absolute Gasteiger partial charge is 0.165 e. The van der Waals surface area contributed by atoms with Gasteiger partial charge in [-0.1, -0.05) is 6.07 Å². The van der Waals surface area contributed by atoms with Gasteiger partial charge in [-0.2, -0.15) is 0 Å². The Kier molecular flexibility index (Phi) is 4.12. The molecule has 19 heavy (non-hydrogen) atoms. The molecule has 0 aliphatic carbocycles. The summed E-state index contributed by atoms with van der Waals surface area (Å²) in [7, 11) is 0. The Morgan fingerprint density at radius 3 is 2.37 bits per heavy atom. The predicted octanol–water partition coefficient (Wildman–Crippen LogP) is 3.65. The minimum atomic E-state index is -0.456. The average molecular weight is 263 g/mol. The third-order valence-electron chi connectivity index (χ3n) is 2.60. The van der Waals surface area contributed by atoms with Gasteiger partial charge in [0.2, 0.25) is 0 Å². The van der Waals surface area contributed by atoms with Crippen LogP contribution in [-0.2, 0) is 6.42 Å². The Bertz CT molecular complexity index is 553. The molecule has 0 radical (unpaired) electrons. The normalized spacial score (nSPS) is 12.2. The molecular weight excluding hydrogens is 248 g/mol. The van der Waals surface area contributed by atoms with Gasteiger partial charge >= 0.3 is 0 Å². The maximum Gasteiger partial charge on any atom is 0.165 e. The summed E-state index contributed by atoms with van der Waals surface area (Å²) in [6.45, 7) is 1.86. The highest BCUT2D eigenvalue weighted by atomic mass is 19.1. The van der Waals surface area contributed by atoms with Gasteiger partial charge < -0.3 is 10.5 Å². The van der Waals surface area contributed by atoms with Crippen molar-refractivity contribution >= 4 is 0 Å². The zero-order valence-electron chi connectivity index (χ0n) is 10.6. The molecule has 2 nitrogen and oxygen atoms in total. The molecule has 2 aromatic rings. The maximum atomic E-state index is 13.8. The van der Waals surface area contributed by atoms with Crippen LogP contribution in [-0.4, -0.2) is 6.04 Å². The number of benzene rings is 2. The van der Waals surface area contributed by atoms with Crippen molar-refractivity contribution in [3.63, 3.8) is 0 Å². The third kappa shape index (κ3) is 3.76. The minimum Gasteiger partial charge on any atom is -0.454 e. The fourth-order valence-corrected chi connectivity index (χ4v) is 1.76. The van der Waals surface area contributed by atoms with Crippen LogP contribution in [0.5, 0.6) is 11.5 Å². The van der Waals surface area contributed by atoms with E-state index in [1.807, 2.05) is 6.92 Å². The van der Waals surface area contributed by atoms with Gasteiger partial charge in [-0.25, -0.2) is 8.78 Å². The molecule has 0 fully saturated rings. The fraction of sp³-hybridized carbons (Fsp3) is 0.200. The molecule has 0 heterocycles. The maximum absolute atomic E-state index is 13.8.